The normalized spacial score (nSPS) is 14.6. The number of amides is 1. The summed E-state index contributed by atoms with van der Waals surface area (Å²) in [6, 6.07) is 4.93. The van der Waals surface area contributed by atoms with Crippen LogP contribution in [-0.4, -0.2) is 68.5 Å². The van der Waals surface area contributed by atoms with Crippen molar-refractivity contribution in [1.29, 1.82) is 0 Å². The van der Waals surface area contributed by atoms with Crippen LogP contribution in [0.15, 0.2) is 29.1 Å². The van der Waals surface area contributed by atoms with E-state index in [1.165, 1.54) is 12.1 Å². The first-order valence-electron chi connectivity index (χ1n) is 10.3. The number of aliphatic carboxylic acids is 2. The monoisotopic (exact) mass is 529 g/mol. The lowest BCUT2D eigenvalue weighted by Gasteiger charge is -2.27. The summed E-state index contributed by atoms with van der Waals surface area (Å²) >= 11 is 9.53. The summed E-state index contributed by atoms with van der Waals surface area (Å²) in [6.45, 7) is 0.977. The Labute approximate surface area is 209 Å². The van der Waals surface area contributed by atoms with Crippen molar-refractivity contribution in [2.45, 2.75) is 24.9 Å². The summed E-state index contributed by atoms with van der Waals surface area (Å²) in [7, 11) is 0. The molecule has 1 amide bonds. The van der Waals surface area contributed by atoms with E-state index < -0.39 is 29.4 Å². The maximum atomic E-state index is 12.3. The fraction of sp³-hybridized carbons (Fsp3) is 0.350. The number of alkyl halides is 2. The first kappa shape index (κ1) is 27.5. The first-order chi connectivity index (χ1) is 16.6. The van der Waals surface area contributed by atoms with Crippen LogP contribution in [0, 0.1) is 0 Å². The Balaban J connectivity index is 0.00000137. The van der Waals surface area contributed by atoms with E-state index in [1.807, 2.05) is 0 Å². The van der Waals surface area contributed by atoms with E-state index in [-0.39, 0.29) is 35.7 Å². The zero-order valence-electron chi connectivity index (χ0n) is 18.3. The number of H-pyrrole nitrogens is 1. The fourth-order valence-electron chi connectivity index (χ4n) is 3.11. The SMILES string of the molecule is ClCCl.Nc1nc(=O)c2c([nH]1)NC[C@@H](CNc1ccc(C(=O)N[C@@H](CCC(=O)O)C(=O)O)cc1)N2. The first-order valence-corrected chi connectivity index (χ1v) is 11.3. The molecule has 2 atom stereocenters. The summed E-state index contributed by atoms with van der Waals surface area (Å²) in [5, 5.41) is 29.7. The van der Waals surface area contributed by atoms with Crippen molar-refractivity contribution >= 4 is 64.2 Å². The molecule has 0 saturated heterocycles. The van der Waals surface area contributed by atoms with Crippen LogP contribution in [0.5, 0.6) is 0 Å². The number of nitrogens with two attached hydrogens (primary N) is 1. The average molecular weight is 530 g/mol. The third kappa shape index (κ3) is 8.54. The van der Waals surface area contributed by atoms with Crippen molar-refractivity contribution < 1.29 is 24.6 Å². The van der Waals surface area contributed by atoms with Crippen molar-refractivity contribution in [2.75, 3.05) is 40.1 Å². The predicted octanol–water partition coefficient (Wildman–Crippen LogP) is 1.14. The van der Waals surface area contributed by atoms with Crippen LogP contribution in [0.4, 0.5) is 23.1 Å². The predicted molar refractivity (Wildman–Crippen MR) is 132 cm³/mol. The number of nitrogens with zero attached hydrogens (tertiary/aromatic N) is 1. The largest absolute Gasteiger partial charge is 0.481 e. The van der Waals surface area contributed by atoms with Gasteiger partial charge in [0.25, 0.3) is 11.5 Å². The zero-order valence-corrected chi connectivity index (χ0v) is 19.8. The molecule has 2 aromatic rings. The van der Waals surface area contributed by atoms with Gasteiger partial charge >= 0.3 is 11.9 Å². The summed E-state index contributed by atoms with van der Waals surface area (Å²) in [4.78, 5) is 52.5. The molecule has 1 aromatic heterocycles. The molecule has 35 heavy (non-hydrogen) atoms. The van der Waals surface area contributed by atoms with Gasteiger partial charge in [-0.2, -0.15) is 4.98 Å². The van der Waals surface area contributed by atoms with Gasteiger partial charge in [0.05, 0.1) is 11.4 Å². The van der Waals surface area contributed by atoms with E-state index in [1.54, 1.807) is 12.1 Å². The number of benzene rings is 1. The Morgan fingerprint density at radius 3 is 2.46 bits per heavy atom. The van der Waals surface area contributed by atoms with Crippen LogP contribution in [0.3, 0.4) is 0 Å². The average Bonchev–Trinajstić information content (AvgIpc) is 2.81. The molecule has 13 nitrogen and oxygen atoms in total. The van der Waals surface area contributed by atoms with Gasteiger partial charge in [-0.1, -0.05) is 0 Å². The highest BCUT2D eigenvalue weighted by Gasteiger charge is 2.22. The molecule has 3 rings (SSSR count). The summed E-state index contributed by atoms with van der Waals surface area (Å²) in [6.07, 6.45) is -0.587. The van der Waals surface area contributed by atoms with Gasteiger partial charge in [0.15, 0.2) is 0 Å². The molecular formula is C20H25Cl2N7O6. The van der Waals surface area contributed by atoms with Crippen molar-refractivity contribution in [3.63, 3.8) is 0 Å². The number of carbonyl (C=O) groups excluding carboxylic acids is 1. The Kier molecular flexibility index (Phi) is 10.4. The number of rotatable bonds is 9. The number of fused-ring (bicyclic) bond motifs is 1. The highest BCUT2D eigenvalue weighted by molar-refractivity contribution is 6.40. The number of carbonyl (C=O) groups is 3. The molecule has 190 valence electrons. The van der Waals surface area contributed by atoms with E-state index in [0.29, 0.717) is 30.3 Å². The number of nitrogens with one attached hydrogen (secondary N) is 5. The topological polar surface area (TPSA) is 212 Å². The fourth-order valence-corrected chi connectivity index (χ4v) is 3.11. The molecule has 1 aliphatic heterocycles. The third-order valence-corrected chi connectivity index (χ3v) is 4.76. The van der Waals surface area contributed by atoms with Gasteiger partial charge in [-0.15, -0.1) is 23.2 Å². The lowest BCUT2D eigenvalue weighted by atomic mass is 10.1. The highest BCUT2D eigenvalue weighted by atomic mass is 35.5. The maximum Gasteiger partial charge on any atom is 0.326 e. The molecule has 2 heterocycles. The minimum atomic E-state index is -1.30. The van der Waals surface area contributed by atoms with Gasteiger partial charge < -0.3 is 42.2 Å². The van der Waals surface area contributed by atoms with E-state index in [0.717, 1.165) is 0 Å². The van der Waals surface area contributed by atoms with E-state index in [2.05, 4.69) is 31.2 Å². The van der Waals surface area contributed by atoms with Crippen LogP contribution >= 0.6 is 23.2 Å². The van der Waals surface area contributed by atoms with E-state index in [4.69, 9.17) is 39.1 Å². The number of halogens is 2. The second-order valence-corrected chi connectivity index (χ2v) is 8.06. The van der Waals surface area contributed by atoms with Crippen molar-refractivity contribution in [1.82, 2.24) is 15.3 Å². The van der Waals surface area contributed by atoms with Gasteiger partial charge in [-0.25, -0.2) is 4.79 Å². The molecule has 0 bridgehead atoms. The molecule has 1 aliphatic rings. The van der Waals surface area contributed by atoms with Crippen LogP contribution < -0.4 is 32.6 Å². The molecule has 0 spiro atoms. The van der Waals surface area contributed by atoms with Gasteiger partial charge in [0, 0.05) is 30.8 Å². The molecule has 15 heteroatoms. The number of anilines is 4. The molecule has 1 aromatic carbocycles. The summed E-state index contributed by atoms with van der Waals surface area (Å²) < 4.78 is 0. The zero-order chi connectivity index (χ0) is 26.0. The molecule has 0 unspecified atom stereocenters. The minimum Gasteiger partial charge on any atom is -0.481 e. The number of nitrogen functional groups attached to an aromatic ring is 1. The quantitative estimate of drug-likeness (QED) is 0.215. The molecule has 0 aliphatic carbocycles. The number of hydrogen-bond donors (Lipinski definition) is 8. The molecule has 0 saturated carbocycles. The number of hydrogen-bond acceptors (Lipinski definition) is 9. The van der Waals surface area contributed by atoms with Crippen molar-refractivity contribution in [3.05, 3.63) is 40.2 Å². The molecule has 0 fully saturated rings. The second kappa shape index (κ2) is 13.2. The van der Waals surface area contributed by atoms with E-state index in [9.17, 15) is 19.2 Å². The highest BCUT2D eigenvalue weighted by Crippen LogP contribution is 2.20. The van der Waals surface area contributed by atoms with Gasteiger partial charge in [0.2, 0.25) is 5.95 Å². The van der Waals surface area contributed by atoms with Crippen LogP contribution in [0.1, 0.15) is 23.2 Å². The van der Waals surface area contributed by atoms with Crippen LogP contribution in [0.25, 0.3) is 0 Å². The lowest BCUT2D eigenvalue weighted by Crippen LogP contribution is -2.41. The summed E-state index contributed by atoms with van der Waals surface area (Å²) in [5.74, 6) is -2.55. The Morgan fingerprint density at radius 2 is 1.86 bits per heavy atom. The maximum absolute atomic E-state index is 12.3. The minimum absolute atomic E-state index is 0.0281. The summed E-state index contributed by atoms with van der Waals surface area (Å²) in [5.41, 5.74) is 6.31. The van der Waals surface area contributed by atoms with Crippen LogP contribution in [0.2, 0.25) is 0 Å². The van der Waals surface area contributed by atoms with Crippen LogP contribution in [-0.2, 0) is 9.59 Å². The Bertz CT molecular complexity index is 1100. The molecule has 0 radical (unpaired) electrons. The number of aromatic amines is 1. The molecular weight excluding hydrogens is 505 g/mol. The smallest absolute Gasteiger partial charge is 0.326 e. The Morgan fingerprint density at radius 1 is 1.20 bits per heavy atom. The Hall–Kier alpha value is -3.71. The van der Waals surface area contributed by atoms with Crippen molar-refractivity contribution in [3.8, 4) is 0 Å². The van der Waals surface area contributed by atoms with E-state index >= 15 is 0 Å². The van der Waals surface area contributed by atoms with Gasteiger partial charge in [-0.3, -0.25) is 14.4 Å². The van der Waals surface area contributed by atoms with Crippen molar-refractivity contribution in [2.24, 2.45) is 0 Å². The van der Waals surface area contributed by atoms with Gasteiger partial charge in [-0.05, 0) is 30.7 Å². The number of carboxylic acids is 2. The standard InChI is InChI=1S/C19H23N7O6.CH2Cl2/c20-19-25-15-14(17(30)26-19)23-11(8-22-15)7-21-10-3-1-9(2-4-10)16(29)24-12(18(31)32)5-6-13(27)28;2-1-3/h1-4,11-12,21,23H,5-8H2,(H,24,29)(H,27,28)(H,31,32)(H4,20,22,25,26,30);1H2/t11-,12+;/m1./s1. The second-order valence-electron chi connectivity index (χ2n) is 7.26. The molecule has 9 N–H and O–H groups in total. The third-order valence-electron chi connectivity index (χ3n) is 4.76. The van der Waals surface area contributed by atoms with Gasteiger partial charge in [0.1, 0.15) is 17.5 Å². The lowest BCUT2D eigenvalue weighted by molar-refractivity contribution is -0.140. The number of aromatic nitrogens is 2. The number of carboxylic acid groups (broad SMARTS) is 2.